The number of rotatable bonds is 3. The van der Waals surface area contributed by atoms with Crippen molar-refractivity contribution in [1.29, 1.82) is 0 Å². The Morgan fingerprint density at radius 2 is 1.02 bits per heavy atom. The predicted molar refractivity (Wildman–Crippen MR) is 233 cm³/mol. The lowest BCUT2D eigenvalue weighted by Gasteiger charge is -2.24. The topological polar surface area (TPSA) is 9.86 Å². The fourth-order valence-corrected chi connectivity index (χ4v) is 9.94. The highest BCUT2D eigenvalue weighted by Crippen LogP contribution is 2.53. The number of hydrogen-bond acceptors (Lipinski definition) is 0. The van der Waals surface area contributed by atoms with Gasteiger partial charge >= 0.3 is 0 Å². The van der Waals surface area contributed by atoms with Crippen molar-refractivity contribution in [2.45, 2.75) is 19.3 Å². The van der Waals surface area contributed by atoms with Crippen LogP contribution in [0.3, 0.4) is 0 Å². The number of fused-ring (bicyclic) bond motifs is 12. The van der Waals surface area contributed by atoms with Gasteiger partial charge in [0.25, 0.3) is 0 Å². The normalized spacial score (nSPS) is 13.4. The van der Waals surface area contributed by atoms with Crippen LogP contribution in [0.25, 0.3) is 98.8 Å². The number of benzene rings is 9. The first-order chi connectivity index (χ1) is 27.0. The fourth-order valence-electron chi connectivity index (χ4n) is 9.94. The minimum absolute atomic E-state index is 0.157. The van der Waals surface area contributed by atoms with Gasteiger partial charge in [0.15, 0.2) is 0 Å². The lowest BCUT2D eigenvalue weighted by Crippen LogP contribution is -2.16. The average molecular weight is 701 g/mol. The molecule has 0 aliphatic heterocycles. The Balaban J connectivity index is 1.11. The SMILES string of the molecule is CC1(C)c2ccccc2-c2ccc3c4cc(-c5ccc6c(c5)c5ccccc5n6-c5ccc6ccccc6c5)ccc4n(-c4cccc5ccccc45)c3c21. The molecule has 0 fully saturated rings. The van der Waals surface area contributed by atoms with E-state index in [-0.39, 0.29) is 5.41 Å². The molecule has 0 saturated carbocycles. The third-order valence-corrected chi connectivity index (χ3v) is 12.4. The summed E-state index contributed by atoms with van der Waals surface area (Å²) in [5, 5.41) is 10.1. The first-order valence-corrected chi connectivity index (χ1v) is 19.3. The molecule has 0 N–H and O–H groups in total. The quantitative estimate of drug-likeness (QED) is 0.174. The Hall–Kier alpha value is -6.90. The van der Waals surface area contributed by atoms with Crippen LogP contribution in [0.1, 0.15) is 25.0 Å². The molecular formula is C53H36N2. The van der Waals surface area contributed by atoms with Gasteiger partial charge in [-0.3, -0.25) is 0 Å². The Morgan fingerprint density at radius 1 is 0.382 bits per heavy atom. The van der Waals surface area contributed by atoms with E-state index in [0.717, 1.165) is 0 Å². The summed E-state index contributed by atoms with van der Waals surface area (Å²) in [5.41, 5.74) is 15.1. The monoisotopic (exact) mass is 700 g/mol. The molecule has 55 heavy (non-hydrogen) atoms. The molecule has 2 heterocycles. The van der Waals surface area contributed by atoms with E-state index in [4.69, 9.17) is 0 Å². The van der Waals surface area contributed by atoms with Crippen LogP contribution in [0, 0.1) is 0 Å². The van der Waals surface area contributed by atoms with Gasteiger partial charge in [-0.15, -0.1) is 0 Å². The van der Waals surface area contributed by atoms with Gasteiger partial charge in [0.05, 0.1) is 27.8 Å². The van der Waals surface area contributed by atoms with E-state index < -0.39 is 0 Å². The second-order valence-corrected chi connectivity index (χ2v) is 15.7. The molecule has 0 amide bonds. The standard InChI is InChI=1S/C53H36N2/c1-53(2)46-19-9-7-17-40(46)42-26-27-43-45-32-37(24-29-50(45)55(52(43)51(42)53)47-21-11-15-34-13-5-6-16-39(34)47)36-23-28-49-44(31-36)41-18-8-10-20-48(41)54(49)38-25-22-33-12-3-4-14-35(33)30-38/h3-32H,1-2H3. The molecular weight excluding hydrogens is 665 g/mol. The molecule has 0 atom stereocenters. The zero-order chi connectivity index (χ0) is 36.4. The predicted octanol–water partition coefficient (Wildman–Crippen LogP) is 14.2. The van der Waals surface area contributed by atoms with Crippen LogP contribution in [0.4, 0.5) is 0 Å². The second-order valence-electron chi connectivity index (χ2n) is 15.7. The van der Waals surface area contributed by atoms with Crippen LogP contribution < -0.4 is 0 Å². The van der Waals surface area contributed by atoms with Crippen LogP contribution in [-0.2, 0) is 5.41 Å². The van der Waals surface area contributed by atoms with Gasteiger partial charge in [0, 0.05) is 38.0 Å². The average Bonchev–Trinajstić information content (AvgIpc) is 3.83. The molecule has 1 aliphatic rings. The Labute approximate surface area is 319 Å². The van der Waals surface area contributed by atoms with Crippen molar-refractivity contribution in [3.8, 4) is 33.6 Å². The summed E-state index contributed by atoms with van der Waals surface area (Å²) in [6.45, 7) is 4.80. The smallest absolute Gasteiger partial charge is 0.0588 e. The number of nitrogens with zero attached hydrogens (tertiary/aromatic N) is 2. The Kier molecular flexibility index (Phi) is 6.15. The number of hydrogen-bond donors (Lipinski definition) is 0. The summed E-state index contributed by atoms with van der Waals surface area (Å²) in [5.74, 6) is 0. The van der Waals surface area contributed by atoms with E-state index in [9.17, 15) is 0 Å². The van der Waals surface area contributed by atoms with Gasteiger partial charge in [-0.05, 0) is 98.1 Å². The maximum absolute atomic E-state index is 2.56. The van der Waals surface area contributed by atoms with E-state index in [1.165, 1.54) is 110 Å². The van der Waals surface area contributed by atoms with Crippen molar-refractivity contribution in [1.82, 2.24) is 9.13 Å². The van der Waals surface area contributed by atoms with Gasteiger partial charge in [0.1, 0.15) is 0 Å². The maximum Gasteiger partial charge on any atom is 0.0588 e. The van der Waals surface area contributed by atoms with Gasteiger partial charge in [-0.25, -0.2) is 0 Å². The van der Waals surface area contributed by atoms with Crippen LogP contribution in [0.15, 0.2) is 182 Å². The van der Waals surface area contributed by atoms with E-state index >= 15 is 0 Å². The zero-order valence-electron chi connectivity index (χ0n) is 30.7. The van der Waals surface area contributed by atoms with Crippen molar-refractivity contribution < 1.29 is 0 Å². The molecule has 0 saturated heterocycles. The highest BCUT2D eigenvalue weighted by Gasteiger charge is 2.38. The number of para-hydroxylation sites is 1. The molecule has 12 rings (SSSR count). The number of aromatic nitrogens is 2. The third-order valence-electron chi connectivity index (χ3n) is 12.4. The van der Waals surface area contributed by atoms with E-state index in [2.05, 4.69) is 205 Å². The third kappa shape index (κ3) is 4.20. The lowest BCUT2D eigenvalue weighted by atomic mass is 9.81. The van der Waals surface area contributed by atoms with Crippen molar-refractivity contribution in [2.75, 3.05) is 0 Å². The van der Waals surface area contributed by atoms with E-state index in [0.29, 0.717) is 0 Å². The van der Waals surface area contributed by atoms with E-state index in [1.54, 1.807) is 0 Å². The highest BCUT2D eigenvalue weighted by atomic mass is 15.0. The molecule has 0 unspecified atom stereocenters. The van der Waals surface area contributed by atoms with Gasteiger partial charge in [0.2, 0.25) is 0 Å². The first-order valence-electron chi connectivity index (χ1n) is 19.3. The van der Waals surface area contributed by atoms with Crippen LogP contribution in [-0.4, -0.2) is 9.13 Å². The highest BCUT2D eigenvalue weighted by molar-refractivity contribution is 6.16. The van der Waals surface area contributed by atoms with Crippen LogP contribution >= 0.6 is 0 Å². The summed E-state index contributed by atoms with van der Waals surface area (Å²) in [6.07, 6.45) is 0. The Morgan fingerprint density at radius 3 is 1.85 bits per heavy atom. The van der Waals surface area contributed by atoms with Crippen LogP contribution in [0.5, 0.6) is 0 Å². The Bertz CT molecular complexity index is 3400. The molecule has 2 aromatic heterocycles. The van der Waals surface area contributed by atoms with Gasteiger partial charge < -0.3 is 9.13 Å². The molecule has 2 nitrogen and oxygen atoms in total. The fraction of sp³-hybridized carbons (Fsp3) is 0.0566. The maximum atomic E-state index is 2.56. The van der Waals surface area contributed by atoms with Crippen molar-refractivity contribution in [3.63, 3.8) is 0 Å². The second kappa shape index (κ2) is 11.1. The molecule has 0 radical (unpaired) electrons. The van der Waals surface area contributed by atoms with Gasteiger partial charge in [-0.1, -0.05) is 147 Å². The molecule has 9 aromatic carbocycles. The first kappa shape index (κ1) is 30.6. The molecule has 0 spiro atoms. The van der Waals surface area contributed by atoms with Crippen molar-refractivity contribution >= 4 is 65.2 Å². The van der Waals surface area contributed by atoms with Crippen molar-refractivity contribution in [2.24, 2.45) is 0 Å². The minimum Gasteiger partial charge on any atom is -0.309 e. The van der Waals surface area contributed by atoms with Gasteiger partial charge in [-0.2, -0.15) is 0 Å². The molecule has 2 heteroatoms. The lowest BCUT2D eigenvalue weighted by molar-refractivity contribution is 0.664. The summed E-state index contributed by atoms with van der Waals surface area (Å²) in [6, 6.07) is 67.6. The summed E-state index contributed by atoms with van der Waals surface area (Å²) in [4.78, 5) is 0. The molecule has 11 aromatic rings. The minimum atomic E-state index is -0.157. The zero-order valence-corrected chi connectivity index (χ0v) is 30.7. The molecule has 0 bridgehead atoms. The molecule has 258 valence electrons. The largest absolute Gasteiger partial charge is 0.309 e. The molecule has 1 aliphatic carbocycles. The van der Waals surface area contributed by atoms with Crippen LogP contribution in [0.2, 0.25) is 0 Å². The summed E-state index contributed by atoms with van der Waals surface area (Å²) in [7, 11) is 0. The summed E-state index contributed by atoms with van der Waals surface area (Å²) < 4.78 is 4.98. The van der Waals surface area contributed by atoms with Crippen molar-refractivity contribution in [3.05, 3.63) is 193 Å². The van der Waals surface area contributed by atoms with E-state index in [1.807, 2.05) is 0 Å². The summed E-state index contributed by atoms with van der Waals surface area (Å²) >= 11 is 0.